The minimum Gasteiger partial charge on any atom is -0.507 e. The normalized spacial score (nSPS) is 12.1. The van der Waals surface area contributed by atoms with Crippen molar-refractivity contribution in [2.75, 3.05) is 0 Å². The van der Waals surface area contributed by atoms with E-state index in [-0.39, 0.29) is 51.7 Å². The van der Waals surface area contributed by atoms with Crippen molar-refractivity contribution in [1.29, 1.82) is 0 Å². The van der Waals surface area contributed by atoms with Crippen LogP contribution in [0.5, 0.6) is 23.0 Å². The maximum absolute atomic E-state index is 15.4. The Morgan fingerprint density at radius 1 is 0.320 bits per heavy atom. The van der Waals surface area contributed by atoms with Gasteiger partial charge in [0.25, 0.3) is 0 Å². The van der Waals surface area contributed by atoms with Gasteiger partial charge in [-0.05, 0) is 167 Å². The van der Waals surface area contributed by atoms with Crippen molar-refractivity contribution in [3.05, 3.63) is 241 Å². The van der Waals surface area contributed by atoms with Gasteiger partial charge in [-0.2, -0.15) is 0 Å². The van der Waals surface area contributed by atoms with Gasteiger partial charge < -0.3 is 19.7 Å². The molecule has 0 aliphatic rings. The second-order valence-electron chi connectivity index (χ2n) is 19.1. The van der Waals surface area contributed by atoms with E-state index in [0.29, 0.717) is 22.3 Å². The van der Waals surface area contributed by atoms with Crippen molar-refractivity contribution in [3.63, 3.8) is 0 Å². The lowest BCUT2D eigenvalue weighted by Crippen LogP contribution is -2.23. The number of phenolic OH excluding ortho intramolecular Hbond substituents is 2. The van der Waals surface area contributed by atoms with E-state index in [1.807, 2.05) is 172 Å². The molecular weight excluding hydrogens is 945 g/mol. The Morgan fingerprint density at radius 3 is 0.893 bits per heavy atom. The summed E-state index contributed by atoms with van der Waals surface area (Å²) in [5, 5.41) is 24.4. The molecule has 10 aromatic carbocycles. The summed E-state index contributed by atoms with van der Waals surface area (Å²) in [7, 11) is 0. The summed E-state index contributed by atoms with van der Waals surface area (Å²) >= 11 is 0. The van der Waals surface area contributed by atoms with Gasteiger partial charge >= 0.3 is 0 Å². The van der Waals surface area contributed by atoms with Crippen LogP contribution in [-0.4, -0.2) is 22.4 Å². The van der Waals surface area contributed by atoms with Crippen molar-refractivity contribution < 1.29 is 37.2 Å². The van der Waals surface area contributed by atoms with Crippen LogP contribution in [0.3, 0.4) is 0 Å². The first-order valence-corrected chi connectivity index (χ1v) is 24.8. The summed E-state index contributed by atoms with van der Waals surface area (Å²) < 4.78 is 74.0. The molecular formula is C67H52F4O4. The molecule has 0 saturated carbocycles. The zero-order chi connectivity index (χ0) is 52.3. The Kier molecular flexibility index (Phi) is 14.1. The molecule has 0 unspecified atom stereocenters. The summed E-state index contributed by atoms with van der Waals surface area (Å²) in [4.78, 5) is 0. The van der Waals surface area contributed by atoms with Gasteiger partial charge in [-0.3, -0.25) is 0 Å². The molecule has 0 spiro atoms. The van der Waals surface area contributed by atoms with Crippen molar-refractivity contribution in [2.45, 2.75) is 46.3 Å². The van der Waals surface area contributed by atoms with Gasteiger partial charge in [-0.1, -0.05) is 121 Å². The highest BCUT2D eigenvalue weighted by Crippen LogP contribution is 2.47. The summed E-state index contributed by atoms with van der Waals surface area (Å²) in [5.74, 6) is -4.91. The molecule has 75 heavy (non-hydrogen) atoms. The molecule has 0 radical (unpaired) electrons. The van der Waals surface area contributed by atoms with E-state index in [1.165, 1.54) is 0 Å². The molecule has 0 aliphatic heterocycles. The summed E-state index contributed by atoms with van der Waals surface area (Å²) in [6, 6.07) is 62.9. The Labute approximate surface area is 434 Å². The highest BCUT2D eigenvalue weighted by atomic mass is 19.2. The van der Waals surface area contributed by atoms with Crippen molar-refractivity contribution in [1.82, 2.24) is 0 Å². The fourth-order valence-electron chi connectivity index (χ4n) is 9.83. The van der Waals surface area contributed by atoms with Crippen molar-refractivity contribution >= 4 is 0 Å². The minimum absolute atomic E-state index is 0.0269. The van der Waals surface area contributed by atoms with Gasteiger partial charge in [0, 0.05) is 51.9 Å². The first-order valence-electron chi connectivity index (χ1n) is 24.8. The van der Waals surface area contributed by atoms with Gasteiger partial charge in [-0.15, -0.1) is 0 Å². The number of aromatic hydroxyl groups is 2. The Bertz CT molecular complexity index is 3340. The van der Waals surface area contributed by atoms with E-state index in [0.717, 1.165) is 79.9 Å². The lowest BCUT2D eigenvalue weighted by molar-refractivity contribution is 0.131. The predicted octanol–water partition coefficient (Wildman–Crippen LogP) is 18.2. The van der Waals surface area contributed by atoms with Crippen molar-refractivity contribution in [2.24, 2.45) is 0 Å². The average Bonchev–Trinajstić information content (AvgIpc) is 3.43. The van der Waals surface area contributed by atoms with E-state index < -0.39 is 35.5 Å². The number of aryl methyl sites for hydroxylation is 2. The number of hydrogen-bond donors (Lipinski definition) is 2. The lowest BCUT2D eigenvalue weighted by Gasteiger charge is -2.24. The highest BCUT2D eigenvalue weighted by Gasteiger charge is 2.25. The summed E-state index contributed by atoms with van der Waals surface area (Å²) in [5.41, 5.74) is 12.2. The number of hydrogen-bond acceptors (Lipinski definition) is 4. The zero-order valence-corrected chi connectivity index (χ0v) is 41.7. The quantitative estimate of drug-likeness (QED) is 0.107. The second-order valence-corrected chi connectivity index (χ2v) is 19.1. The third kappa shape index (κ3) is 10.8. The molecule has 0 heterocycles. The van der Waals surface area contributed by atoms with E-state index >= 15 is 17.6 Å². The molecule has 8 heteroatoms. The Morgan fingerprint density at radius 2 is 0.587 bits per heavy atom. The molecule has 4 nitrogen and oxygen atoms in total. The number of ether oxygens (including phenoxy) is 2. The van der Waals surface area contributed by atoms with Gasteiger partial charge in [0.15, 0.2) is 23.3 Å². The molecule has 10 rings (SSSR count). The number of rotatable bonds is 14. The van der Waals surface area contributed by atoms with Crippen LogP contribution in [0.4, 0.5) is 17.6 Å². The molecule has 0 aromatic heterocycles. The molecule has 372 valence electrons. The van der Waals surface area contributed by atoms with E-state index in [4.69, 9.17) is 9.47 Å². The van der Waals surface area contributed by atoms with Crippen LogP contribution in [0.2, 0.25) is 0 Å². The largest absolute Gasteiger partial charge is 0.507 e. The van der Waals surface area contributed by atoms with Crippen LogP contribution in [-0.2, 0) is 0 Å². The topological polar surface area (TPSA) is 58.9 Å². The molecule has 0 amide bonds. The van der Waals surface area contributed by atoms with Crippen molar-refractivity contribution in [3.8, 4) is 112 Å². The molecule has 0 saturated heterocycles. The van der Waals surface area contributed by atoms with Gasteiger partial charge in [0.05, 0.1) is 12.2 Å². The SMILES string of the molecule is Cc1cc(-c2cc(-c3ccccc3)cc(-c3ccccc3)c2)c(O)c(-c2cc(F)c(F)cc2O[C@H](C)C[C@H](C)Oc2cc(F)c(F)cc2-c2cc(C)cc(-c3cc(-c4ccccc4)cc(-c4ccccc4)c3)c2O)c1. The van der Waals surface area contributed by atoms with Crippen LogP contribution < -0.4 is 9.47 Å². The molecule has 0 aliphatic carbocycles. The molecule has 0 bridgehead atoms. The van der Waals surface area contributed by atoms with Crippen LogP contribution in [0.1, 0.15) is 31.4 Å². The third-order valence-electron chi connectivity index (χ3n) is 13.4. The second kappa shape index (κ2) is 21.3. The highest BCUT2D eigenvalue weighted by molar-refractivity contribution is 5.91. The molecule has 2 N–H and O–H groups in total. The molecule has 0 fully saturated rings. The average molecular weight is 997 g/mol. The zero-order valence-electron chi connectivity index (χ0n) is 41.7. The maximum Gasteiger partial charge on any atom is 0.162 e. The predicted molar refractivity (Wildman–Crippen MR) is 294 cm³/mol. The first kappa shape index (κ1) is 49.7. The fourth-order valence-corrected chi connectivity index (χ4v) is 9.83. The van der Waals surface area contributed by atoms with E-state index in [2.05, 4.69) is 12.1 Å². The fraction of sp³-hybridized carbons (Fsp3) is 0.104. The molecule has 10 aromatic rings. The number of phenols is 2. The Hall–Kier alpha value is -8.88. The van der Waals surface area contributed by atoms with Gasteiger partial charge in [-0.25, -0.2) is 17.6 Å². The van der Waals surface area contributed by atoms with E-state index in [1.54, 1.807) is 26.0 Å². The smallest absolute Gasteiger partial charge is 0.162 e. The number of benzene rings is 10. The monoisotopic (exact) mass is 996 g/mol. The van der Waals surface area contributed by atoms with Crippen LogP contribution in [0.15, 0.2) is 206 Å². The van der Waals surface area contributed by atoms with Gasteiger partial charge in [0.1, 0.15) is 23.0 Å². The molecule has 2 atom stereocenters. The third-order valence-corrected chi connectivity index (χ3v) is 13.4. The van der Waals surface area contributed by atoms with Crippen LogP contribution >= 0.6 is 0 Å². The van der Waals surface area contributed by atoms with Crippen LogP contribution in [0, 0.1) is 37.1 Å². The maximum atomic E-state index is 15.4. The standard InChI is InChI=1S/C67H52F4O4/c1-40-25-54(52-32-48(44-17-9-5-10-18-44)30-49(33-52)45-19-11-6-12-20-45)66(72)58(27-40)56-36-60(68)62(70)38-64(56)74-42(3)29-43(4)75-65-39-63(71)61(69)37-57(65)59-28-41(2)26-55(67(59)73)53-34-50(46-21-13-7-14-22-46)31-51(35-53)47-23-15-8-16-24-47/h5-28,30-39,42-43,72-73H,29H2,1-4H3/t42-,43+. The number of halogens is 4. The minimum atomic E-state index is -1.15. The summed E-state index contributed by atoms with van der Waals surface area (Å²) in [6.07, 6.45) is -1.32. The van der Waals surface area contributed by atoms with Crippen LogP contribution in [0.25, 0.3) is 89.0 Å². The van der Waals surface area contributed by atoms with E-state index in [9.17, 15) is 10.2 Å². The lowest BCUT2D eigenvalue weighted by atomic mass is 9.90. The Balaban J connectivity index is 0.960. The summed E-state index contributed by atoms with van der Waals surface area (Å²) in [6.45, 7) is 7.18. The first-order chi connectivity index (χ1) is 36.3. The van der Waals surface area contributed by atoms with Gasteiger partial charge in [0.2, 0.25) is 0 Å².